The zero-order chi connectivity index (χ0) is 12.6. The number of aromatic hydroxyl groups is 1. The molecule has 4 N–H and O–H groups in total. The lowest BCUT2D eigenvalue weighted by Crippen LogP contribution is -2.21. The van der Waals surface area contributed by atoms with Crippen LogP contribution >= 0.6 is 11.6 Å². The Morgan fingerprint density at radius 3 is 2.88 bits per heavy atom. The van der Waals surface area contributed by atoms with Crippen molar-refractivity contribution in [3.05, 3.63) is 16.7 Å². The van der Waals surface area contributed by atoms with E-state index in [1.165, 1.54) is 6.07 Å². The van der Waals surface area contributed by atoms with Crippen LogP contribution in [0.15, 0.2) is 6.07 Å². The molecule has 0 aromatic heterocycles. The van der Waals surface area contributed by atoms with Gasteiger partial charge in [-0.05, 0) is 6.07 Å². The van der Waals surface area contributed by atoms with E-state index < -0.39 is 11.9 Å². The quantitative estimate of drug-likeness (QED) is 0.745. The molecule has 0 fully saturated rings. The van der Waals surface area contributed by atoms with Gasteiger partial charge in [-0.1, -0.05) is 11.6 Å². The number of carboxylic acids is 1. The molecule has 1 aliphatic heterocycles. The van der Waals surface area contributed by atoms with Crippen LogP contribution in [-0.4, -0.2) is 29.5 Å². The maximum absolute atomic E-state index is 11.0. The fourth-order valence-corrected chi connectivity index (χ4v) is 1.89. The number of carbonyl (C=O) groups is 1. The number of phenols is 1. The number of carboxylic acid groups (broad SMARTS) is 1. The normalized spacial score (nSPS) is 14.7. The topological polar surface area (TPSA) is 102 Å². The minimum absolute atomic E-state index is 0.0156. The zero-order valence-corrected chi connectivity index (χ0v) is 9.40. The number of benzene rings is 1. The average molecular weight is 260 g/mol. The number of phenolic OH excluding ortho intramolecular Hbond substituents is 1. The first kappa shape index (κ1) is 11.8. The van der Waals surface area contributed by atoms with Crippen molar-refractivity contribution in [1.82, 2.24) is 0 Å². The summed E-state index contributed by atoms with van der Waals surface area (Å²) < 4.78 is 10.1. The molecule has 0 aliphatic carbocycles. The first-order chi connectivity index (χ1) is 8.06. The minimum Gasteiger partial charge on any atom is -0.506 e. The second-order valence-corrected chi connectivity index (χ2v) is 3.87. The SMILES string of the molecule is NCC(C(=O)O)c1cc2c(c(Cl)c1O)OCO2. The number of rotatable bonds is 3. The van der Waals surface area contributed by atoms with Crippen molar-refractivity contribution in [3.8, 4) is 17.2 Å². The Morgan fingerprint density at radius 1 is 1.59 bits per heavy atom. The predicted molar refractivity (Wildman–Crippen MR) is 58.7 cm³/mol. The van der Waals surface area contributed by atoms with E-state index in [1.54, 1.807) is 0 Å². The first-order valence-electron chi connectivity index (χ1n) is 4.80. The lowest BCUT2D eigenvalue weighted by molar-refractivity contribution is -0.138. The van der Waals surface area contributed by atoms with Crippen molar-refractivity contribution in [2.24, 2.45) is 5.73 Å². The standard InChI is InChI=1S/C10H10ClNO5/c11-7-8(13)4(5(2-12)10(14)15)1-6-9(7)17-3-16-6/h1,5,13H,2-3,12H2,(H,14,15). The van der Waals surface area contributed by atoms with Gasteiger partial charge in [0.2, 0.25) is 6.79 Å². The van der Waals surface area contributed by atoms with Crippen LogP contribution in [0.25, 0.3) is 0 Å². The van der Waals surface area contributed by atoms with Gasteiger partial charge < -0.3 is 25.4 Å². The Hall–Kier alpha value is -1.66. The molecule has 0 saturated carbocycles. The maximum Gasteiger partial charge on any atom is 0.312 e. The van der Waals surface area contributed by atoms with Crippen LogP contribution in [0.1, 0.15) is 11.5 Å². The second kappa shape index (κ2) is 4.31. The van der Waals surface area contributed by atoms with Gasteiger partial charge in [-0.3, -0.25) is 4.79 Å². The van der Waals surface area contributed by atoms with Crippen LogP contribution in [-0.2, 0) is 4.79 Å². The summed E-state index contributed by atoms with van der Waals surface area (Å²) in [5.74, 6) is -2.00. The molecule has 0 amide bonds. The molecular formula is C10H10ClNO5. The molecule has 92 valence electrons. The molecule has 1 unspecified atom stereocenters. The Morgan fingerprint density at radius 2 is 2.29 bits per heavy atom. The monoisotopic (exact) mass is 259 g/mol. The van der Waals surface area contributed by atoms with Gasteiger partial charge >= 0.3 is 5.97 Å². The van der Waals surface area contributed by atoms with Gasteiger partial charge in [0.05, 0.1) is 5.92 Å². The fraction of sp³-hybridized carbons (Fsp3) is 0.300. The third kappa shape index (κ3) is 1.85. The van der Waals surface area contributed by atoms with Gasteiger partial charge in [-0.2, -0.15) is 0 Å². The highest BCUT2D eigenvalue weighted by Crippen LogP contribution is 2.47. The second-order valence-electron chi connectivity index (χ2n) is 3.49. The number of fused-ring (bicyclic) bond motifs is 1. The summed E-state index contributed by atoms with van der Waals surface area (Å²) in [5.41, 5.74) is 5.48. The van der Waals surface area contributed by atoms with Crippen LogP contribution in [0.3, 0.4) is 0 Å². The van der Waals surface area contributed by atoms with E-state index in [4.69, 9.17) is 31.9 Å². The lowest BCUT2D eigenvalue weighted by Gasteiger charge is -2.14. The van der Waals surface area contributed by atoms with E-state index in [1.807, 2.05) is 0 Å². The molecule has 1 aliphatic rings. The van der Waals surface area contributed by atoms with Crippen molar-refractivity contribution in [3.63, 3.8) is 0 Å². The fourth-order valence-electron chi connectivity index (χ4n) is 1.64. The molecule has 0 bridgehead atoms. The van der Waals surface area contributed by atoms with E-state index in [-0.39, 0.29) is 35.4 Å². The van der Waals surface area contributed by atoms with Crippen molar-refractivity contribution in [2.75, 3.05) is 13.3 Å². The summed E-state index contributed by atoms with van der Waals surface area (Å²) in [5, 5.41) is 18.7. The summed E-state index contributed by atoms with van der Waals surface area (Å²) in [6.07, 6.45) is 0. The number of ether oxygens (including phenoxy) is 2. The van der Waals surface area contributed by atoms with Crippen molar-refractivity contribution < 1.29 is 24.5 Å². The summed E-state index contributed by atoms with van der Waals surface area (Å²) in [6, 6.07) is 1.38. The molecule has 7 heteroatoms. The van der Waals surface area contributed by atoms with E-state index in [9.17, 15) is 9.90 Å². The largest absolute Gasteiger partial charge is 0.506 e. The molecule has 0 spiro atoms. The van der Waals surface area contributed by atoms with E-state index in [0.29, 0.717) is 5.75 Å². The van der Waals surface area contributed by atoms with Gasteiger partial charge in [-0.15, -0.1) is 0 Å². The molecule has 1 heterocycles. The Bertz CT molecular complexity index is 476. The molecular weight excluding hydrogens is 250 g/mol. The molecule has 0 radical (unpaired) electrons. The Labute approximate surface area is 102 Å². The van der Waals surface area contributed by atoms with Crippen LogP contribution in [0, 0.1) is 0 Å². The third-order valence-electron chi connectivity index (χ3n) is 2.52. The molecule has 6 nitrogen and oxygen atoms in total. The Balaban J connectivity index is 2.55. The van der Waals surface area contributed by atoms with E-state index >= 15 is 0 Å². The maximum atomic E-state index is 11.0. The number of hydrogen-bond donors (Lipinski definition) is 3. The number of nitrogens with two attached hydrogens (primary N) is 1. The minimum atomic E-state index is -1.14. The number of aliphatic carboxylic acids is 1. The first-order valence-corrected chi connectivity index (χ1v) is 5.18. The lowest BCUT2D eigenvalue weighted by atomic mass is 9.98. The van der Waals surface area contributed by atoms with E-state index in [2.05, 4.69) is 0 Å². The highest BCUT2D eigenvalue weighted by Gasteiger charge is 2.29. The zero-order valence-electron chi connectivity index (χ0n) is 8.64. The molecule has 0 saturated heterocycles. The van der Waals surface area contributed by atoms with Crippen LogP contribution < -0.4 is 15.2 Å². The molecule has 1 aromatic rings. The van der Waals surface area contributed by atoms with Crippen LogP contribution in [0.4, 0.5) is 0 Å². The van der Waals surface area contributed by atoms with Gasteiger partial charge in [0.15, 0.2) is 11.5 Å². The summed E-state index contributed by atoms with van der Waals surface area (Å²) >= 11 is 5.86. The van der Waals surface area contributed by atoms with Crippen LogP contribution in [0.2, 0.25) is 5.02 Å². The van der Waals surface area contributed by atoms with Crippen LogP contribution in [0.5, 0.6) is 17.2 Å². The number of hydrogen-bond acceptors (Lipinski definition) is 5. The molecule has 17 heavy (non-hydrogen) atoms. The number of halogens is 1. The summed E-state index contributed by atoms with van der Waals surface area (Å²) in [4.78, 5) is 11.0. The molecule has 2 rings (SSSR count). The van der Waals surface area contributed by atoms with Gasteiger partial charge in [0.1, 0.15) is 10.8 Å². The predicted octanol–water partition coefficient (Wildman–Crippen LogP) is 0.901. The van der Waals surface area contributed by atoms with Crippen molar-refractivity contribution in [1.29, 1.82) is 0 Å². The smallest absolute Gasteiger partial charge is 0.312 e. The van der Waals surface area contributed by atoms with Crippen molar-refractivity contribution in [2.45, 2.75) is 5.92 Å². The highest BCUT2D eigenvalue weighted by atomic mass is 35.5. The molecule has 1 atom stereocenters. The van der Waals surface area contributed by atoms with Gasteiger partial charge in [0, 0.05) is 12.1 Å². The van der Waals surface area contributed by atoms with Gasteiger partial charge in [0.25, 0.3) is 0 Å². The summed E-state index contributed by atoms with van der Waals surface area (Å²) in [6.45, 7) is -0.169. The van der Waals surface area contributed by atoms with E-state index in [0.717, 1.165) is 0 Å². The third-order valence-corrected chi connectivity index (χ3v) is 2.87. The molecule has 1 aromatic carbocycles. The summed E-state index contributed by atoms with van der Waals surface area (Å²) in [7, 11) is 0. The van der Waals surface area contributed by atoms with Crippen molar-refractivity contribution >= 4 is 17.6 Å². The highest BCUT2D eigenvalue weighted by molar-refractivity contribution is 6.34. The van der Waals surface area contributed by atoms with Gasteiger partial charge in [-0.25, -0.2) is 0 Å². The Kier molecular flexibility index (Phi) is 2.99. The average Bonchev–Trinajstić information content (AvgIpc) is 2.73.